The van der Waals surface area contributed by atoms with Crippen molar-refractivity contribution in [1.29, 1.82) is 0 Å². The van der Waals surface area contributed by atoms with Gasteiger partial charge in [0.2, 0.25) is 0 Å². The summed E-state index contributed by atoms with van der Waals surface area (Å²) in [6.45, 7) is 2.72. The van der Waals surface area contributed by atoms with Crippen LogP contribution in [0.3, 0.4) is 0 Å². The molecule has 2 N–H and O–H groups in total. The van der Waals surface area contributed by atoms with Crippen molar-refractivity contribution in [2.45, 2.75) is 32.6 Å². The van der Waals surface area contributed by atoms with Gasteiger partial charge in [0, 0.05) is 28.6 Å². The summed E-state index contributed by atoms with van der Waals surface area (Å²) < 4.78 is 0. The highest BCUT2D eigenvalue weighted by molar-refractivity contribution is 7.10. The van der Waals surface area contributed by atoms with Crippen LogP contribution in [0, 0.1) is 5.92 Å². The predicted octanol–water partition coefficient (Wildman–Crippen LogP) is 3.00. The van der Waals surface area contributed by atoms with E-state index in [0.29, 0.717) is 18.9 Å². The molecule has 0 fully saturated rings. The molecule has 122 valence electrons. The predicted molar refractivity (Wildman–Crippen MR) is 90.6 cm³/mol. The third kappa shape index (κ3) is 3.61. The summed E-state index contributed by atoms with van der Waals surface area (Å²) in [4.78, 5) is 28.5. The molecule has 1 aliphatic carbocycles. The van der Waals surface area contributed by atoms with Gasteiger partial charge in [0.25, 0.3) is 5.91 Å². The summed E-state index contributed by atoms with van der Waals surface area (Å²) in [5, 5.41) is 16.0. The number of carboxylic acids is 1. The number of carbonyl (C=O) groups excluding carboxylic acids is 1. The van der Waals surface area contributed by atoms with Crippen LogP contribution in [0.25, 0.3) is 0 Å². The number of amides is 1. The summed E-state index contributed by atoms with van der Waals surface area (Å²) in [5.41, 5.74) is 2.09. The molecule has 3 rings (SSSR count). The summed E-state index contributed by atoms with van der Waals surface area (Å²) in [6, 6.07) is 0. The van der Waals surface area contributed by atoms with Gasteiger partial charge in [-0.3, -0.25) is 4.79 Å². The molecule has 1 amide bonds. The van der Waals surface area contributed by atoms with Crippen molar-refractivity contribution in [1.82, 2.24) is 10.3 Å². The van der Waals surface area contributed by atoms with Crippen molar-refractivity contribution in [2.75, 3.05) is 6.54 Å². The highest BCUT2D eigenvalue weighted by atomic mass is 32.1. The lowest BCUT2D eigenvalue weighted by Gasteiger charge is -2.18. The van der Waals surface area contributed by atoms with Gasteiger partial charge in [-0.2, -0.15) is 0 Å². The fourth-order valence-electron chi connectivity index (χ4n) is 2.77. The Labute approximate surface area is 142 Å². The number of rotatable bonds is 5. The minimum Gasteiger partial charge on any atom is -0.476 e. The number of hydrogen-bond donors (Lipinski definition) is 2. The molecule has 7 heteroatoms. The lowest BCUT2D eigenvalue weighted by atomic mass is 9.88. The first-order valence-corrected chi connectivity index (χ1v) is 9.35. The zero-order valence-corrected chi connectivity index (χ0v) is 14.4. The SMILES string of the molecule is CC1CCc2c(C(=O)NCCc3nc(C(=O)O)cs3)csc2C1. The van der Waals surface area contributed by atoms with Crippen LogP contribution >= 0.6 is 22.7 Å². The third-order valence-electron chi connectivity index (χ3n) is 4.04. The summed E-state index contributed by atoms with van der Waals surface area (Å²) in [7, 11) is 0. The molecular formula is C16H18N2O3S2. The van der Waals surface area contributed by atoms with Gasteiger partial charge in [0.05, 0.1) is 10.6 Å². The Balaban J connectivity index is 1.56. The van der Waals surface area contributed by atoms with E-state index >= 15 is 0 Å². The van der Waals surface area contributed by atoms with E-state index in [2.05, 4.69) is 17.2 Å². The molecule has 2 aromatic heterocycles. The Morgan fingerprint density at radius 2 is 2.22 bits per heavy atom. The van der Waals surface area contributed by atoms with Gasteiger partial charge < -0.3 is 10.4 Å². The molecule has 0 saturated carbocycles. The smallest absolute Gasteiger partial charge is 0.355 e. The molecule has 0 aromatic carbocycles. The second-order valence-corrected chi connectivity index (χ2v) is 7.74. The Morgan fingerprint density at radius 3 is 2.96 bits per heavy atom. The highest BCUT2D eigenvalue weighted by Crippen LogP contribution is 2.32. The van der Waals surface area contributed by atoms with E-state index in [1.165, 1.54) is 27.2 Å². The maximum absolute atomic E-state index is 12.3. The van der Waals surface area contributed by atoms with Crippen molar-refractivity contribution in [3.8, 4) is 0 Å². The van der Waals surface area contributed by atoms with Gasteiger partial charge in [-0.05, 0) is 30.7 Å². The number of aromatic nitrogens is 1. The highest BCUT2D eigenvalue weighted by Gasteiger charge is 2.23. The molecule has 1 unspecified atom stereocenters. The molecule has 2 aromatic rings. The van der Waals surface area contributed by atoms with E-state index in [9.17, 15) is 9.59 Å². The van der Waals surface area contributed by atoms with Crippen LogP contribution in [0.15, 0.2) is 10.8 Å². The number of thiazole rings is 1. The first-order chi connectivity index (χ1) is 11.0. The third-order valence-corrected chi connectivity index (χ3v) is 6.00. The molecule has 0 radical (unpaired) electrons. The second kappa shape index (κ2) is 6.80. The number of fused-ring (bicyclic) bond motifs is 1. The number of carbonyl (C=O) groups is 2. The fourth-order valence-corrected chi connectivity index (χ4v) is 4.79. The van der Waals surface area contributed by atoms with Gasteiger partial charge in [-0.25, -0.2) is 9.78 Å². The summed E-state index contributed by atoms with van der Waals surface area (Å²) in [5.74, 6) is -0.354. The number of aromatic carboxylic acids is 1. The van der Waals surface area contributed by atoms with E-state index in [1.807, 2.05) is 5.38 Å². The van der Waals surface area contributed by atoms with Crippen LogP contribution in [-0.4, -0.2) is 28.5 Å². The van der Waals surface area contributed by atoms with Crippen molar-refractivity contribution in [3.05, 3.63) is 37.5 Å². The second-order valence-electron chi connectivity index (χ2n) is 5.84. The van der Waals surface area contributed by atoms with Gasteiger partial charge in [-0.15, -0.1) is 22.7 Å². The molecule has 1 aliphatic rings. The van der Waals surface area contributed by atoms with Crippen LogP contribution in [-0.2, 0) is 19.3 Å². The molecule has 0 spiro atoms. The Morgan fingerprint density at radius 1 is 1.39 bits per heavy atom. The van der Waals surface area contributed by atoms with E-state index in [1.54, 1.807) is 11.3 Å². The lowest BCUT2D eigenvalue weighted by Crippen LogP contribution is -2.26. The molecule has 0 bridgehead atoms. The van der Waals surface area contributed by atoms with Crippen molar-refractivity contribution >= 4 is 34.6 Å². The lowest BCUT2D eigenvalue weighted by molar-refractivity contribution is 0.0690. The molecule has 0 saturated heterocycles. The van der Waals surface area contributed by atoms with E-state index in [0.717, 1.165) is 29.8 Å². The van der Waals surface area contributed by atoms with Gasteiger partial charge in [0.15, 0.2) is 5.69 Å². The van der Waals surface area contributed by atoms with Gasteiger partial charge in [-0.1, -0.05) is 6.92 Å². The maximum Gasteiger partial charge on any atom is 0.355 e. The molecule has 23 heavy (non-hydrogen) atoms. The molecule has 2 heterocycles. The van der Waals surface area contributed by atoms with Crippen LogP contribution < -0.4 is 5.32 Å². The van der Waals surface area contributed by atoms with Gasteiger partial charge >= 0.3 is 5.97 Å². The zero-order chi connectivity index (χ0) is 16.4. The Bertz CT molecular complexity index is 736. The van der Waals surface area contributed by atoms with E-state index in [4.69, 9.17) is 5.11 Å². The van der Waals surface area contributed by atoms with Crippen molar-refractivity contribution in [3.63, 3.8) is 0 Å². The van der Waals surface area contributed by atoms with Crippen molar-refractivity contribution in [2.24, 2.45) is 5.92 Å². The number of hydrogen-bond acceptors (Lipinski definition) is 5. The maximum atomic E-state index is 12.3. The van der Waals surface area contributed by atoms with Gasteiger partial charge in [0.1, 0.15) is 0 Å². The monoisotopic (exact) mass is 350 g/mol. The number of nitrogens with one attached hydrogen (secondary N) is 1. The standard InChI is InChI=1S/C16H18N2O3S2/c1-9-2-3-10-11(7-22-13(10)6-9)15(19)17-5-4-14-18-12(8-23-14)16(20)21/h7-9H,2-6H2,1H3,(H,17,19)(H,20,21). The first kappa shape index (κ1) is 16.1. The van der Waals surface area contributed by atoms with Crippen LogP contribution in [0.4, 0.5) is 0 Å². The van der Waals surface area contributed by atoms with Crippen LogP contribution in [0.5, 0.6) is 0 Å². The Kier molecular flexibility index (Phi) is 4.77. The minimum absolute atomic E-state index is 0.0351. The van der Waals surface area contributed by atoms with Crippen molar-refractivity contribution < 1.29 is 14.7 Å². The first-order valence-electron chi connectivity index (χ1n) is 7.59. The minimum atomic E-state index is -1.02. The molecular weight excluding hydrogens is 332 g/mol. The van der Waals surface area contributed by atoms with E-state index < -0.39 is 5.97 Å². The van der Waals surface area contributed by atoms with E-state index in [-0.39, 0.29) is 11.6 Å². The summed E-state index contributed by atoms with van der Waals surface area (Å²) in [6.07, 6.45) is 3.75. The summed E-state index contributed by atoms with van der Waals surface area (Å²) >= 11 is 2.99. The number of nitrogens with zero attached hydrogens (tertiary/aromatic N) is 1. The largest absolute Gasteiger partial charge is 0.476 e. The Hall–Kier alpha value is -1.73. The number of thiophene rings is 1. The van der Waals surface area contributed by atoms with Crippen LogP contribution in [0.2, 0.25) is 0 Å². The quantitative estimate of drug-likeness (QED) is 0.869. The topological polar surface area (TPSA) is 79.3 Å². The average Bonchev–Trinajstić information content (AvgIpc) is 3.13. The average molecular weight is 350 g/mol. The molecule has 0 aliphatic heterocycles. The molecule has 1 atom stereocenters. The molecule has 5 nitrogen and oxygen atoms in total. The fraction of sp³-hybridized carbons (Fsp3) is 0.438. The zero-order valence-electron chi connectivity index (χ0n) is 12.8. The normalized spacial score (nSPS) is 16.8. The van der Waals surface area contributed by atoms with Crippen LogP contribution in [0.1, 0.15) is 49.6 Å². The number of carboxylic acid groups (broad SMARTS) is 1.